The molecule has 0 amide bonds. The molecule has 1 saturated heterocycles. The van der Waals surface area contributed by atoms with Gasteiger partial charge in [-0.3, -0.25) is 4.90 Å². The minimum Gasteiger partial charge on any atom is -0.448 e. The van der Waals surface area contributed by atoms with Crippen molar-refractivity contribution in [3.8, 4) is 0 Å². The summed E-state index contributed by atoms with van der Waals surface area (Å²) < 4.78 is 5.63. The van der Waals surface area contributed by atoms with E-state index in [0.717, 1.165) is 31.9 Å². The highest BCUT2D eigenvalue weighted by molar-refractivity contribution is 7.10. The van der Waals surface area contributed by atoms with Crippen LogP contribution in [0.1, 0.15) is 16.7 Å². The van der Waals surface area contributed by atoms with Gasteiger partial charge in [0.2, 0.25) is 0 Å². The van der Waals surface area contributed by atoms with Crippen molar-refractivity contribution >= 4 is 47.8 Å². The number of piperazine rings is 1. The van der Waals surface area contributed by atoms with Crippen LogP contribution in [0.5, 0.6) is 0 Å². The van der Waals surface area contributed by atoms with Crippen LogP contribution >= 0.6 is 47.8 Å². The highest BCUT2D eigenvalue weighted by Crippen LogP contribution is 2.33. The molecule has 7 heteroatoms. The molecule has 1 atom stereocenters. The van der Waals surface area contributed by atoms with Crippen molar-refractivity contribution in [2.24, 2.45) is 0 Å². The summed E-state index contributed by atoms with van der Waals surface area (Å²) >= 11 is 7.67. The Morgan fingerprint density at radius 1 is 1.20 bits per heavy atom. The van der Waals surface area contributed by atoms with Crippen LogP contribution in [0.2, 0.25) is 5.22 Å². The molecule has 1 aliphatic rings. The van der Waals surface area contributed by atoms with Gasteiger partial charge in [0.1, 0.15) is 11.8 Å². The Balaban J connectivity index is 0.000001000. The number of furan rings is 1. The fourth-order valence-electron chi connectivity index (χ4n) is 2.36. The van der Waals surface area contributed by atoms with E-state index in [2.05, 4.69) is 27.7 Å². The zero-order chi connectivity index (χ0) is 12.4. The van der Waals surface area contributed by atoms with Gasteiger partial charge in [-0.25, -0.2) is 0 Å². The number of hydrogen-bond acceptors (Lipinski definition) is 4. The van der Waals surface area contributed by atoms with Gasteiger partial charge in [0.05, 0.1) is 0 Å². The van der Waals surface area contributed by atoms with Gasteiger partial charge in [0.15, 0.2) is 5.22 Å². The molecule has 0 aliphatic carbocycles. The van der Waals surface area contributed by atoms with Crippen LogP contribution in [-0.2, 0) is 0 Å². The molecule has 0 radical (unpaired) electrons. The maximum Gasteiger partial charge on any atom is 0.193 e. The summed E-state index contributed by atoms with van der Waals surface area (Å²) in [5.41, 5.74) is 0. The van der Waals surface area contributed by atoms with Crippen LogP contribution in [0.3, 0.4) is 0 Å². The fourth-order valence-corrected chi connectivity index (χ4v) is 3.38. The Bertz CT molecular complexity index is 497. The largest absolute Gasteiger partial charge is 0.448 e. The van der Waals surface area contributed by atoms with E-state index in [0.29, 0.717) is 5.22 Å². The van der Waals surface area contributed by atoms with Crippen LogP contribution in [0.4, 0.5) is 0 Å². The summed E-state index contributed by atoms with van der Waals surface area (Å²) in [7, 11) is 0. The summed E-state index contributed by atoms with van der Waals surface area (Å²) in [6.45, 7) is 4.11. The third-order valence-corrected chi connectivity index (χ3v) is 4.32. The summed E-state index contributed by atoms with van der Waals surface area (Å²) in [6, 6.07) is 8.24. The summed E-state index contributed by atoms with van der Waals surface area (Å²) in [4.78, 5) is 3.75. The smallest absolute Gasteiger partial charge is 0.193 e. The molecule has 0 unspecified atom stereocenters. The second-order valence-electron chi connectivity index (χ2n) is 4.35. The van der Waals surface area contributed by atoms with Crippen molar-refractivity contribution < 1.29 is 4.42 Å². The van der Waals surface area contributed by atoms with E-state index in [4.69, 9.17) is 16.0 Å². The van der Waals surface area contributed by atoms with E-state index in [9.17, 15) is 0 Å². The van der Waals surface area contributed by atoms with Crippen LogP contribution in [0, 0.1) is 0 Å². The molecule has 3 nitrogen and oxygen atoms in total. The molecule has 1 fully saturated rings. The molecule has 3 heterocycles. The molecule has 2 aromatic rings. The lowest BCUT2D eigenvalue weighted by molar-refractivity contribution is 0.182. The third-order valence-electron chi connectivity index (χ3n) is 3.19. The van der Waals surface area contributed by atoms with Crippen molar-refractivity contribution in [1.29, 1.82) is 0 Å². The highest BCUT2D eigenvalue weighted by Gasteiger charge is 2.27. The number of thiophene rings is 1. The minimum absolute atomic E-state index is 0. The van der Waals surface area contributed by atoms with Crippen molar-refractivity contribution in [2.45, 2.75) is 6.04 Å². The van der Waals surface area contributed by atoms with Gasteiger partial charge in [-0.15, -0.1) is 36.2 Å². The van der Waals surface area contributed by atoms with Crippen LogP contribution in [0.25, 0.3) is 0 Å². The first-order valence-corrected chi connectivity index (χ1v) is 7.34. The maximum absolute atomic E-state index is 5.91. The van der Waals surface area contributed by atoms with Gasteiger partial charge >= 0.3 is 0 Å². The molecule has 1 N–H and O–H groups in total. The van der Waals surface area contributed by atoms with Gasteiger partial charge in [0, 0.05) is 31.1 Å². The average molecular weight is 356 g/mol. The first-order valence-electron chi connectivity index (χ1n) is 6.08. The number of hydrogen-bond donors (Lipinski definition) is 1. The second kappa shape index (κ2) is 8.27. The van der Waals surface area contributed by atoms with Gasteiger partial charge in [0.25, 0.3) is 0 Å². The Morgan fingerprint density at radius 2 is 1.95 bits per heavy atom. The first-order chi connectivity index (χ1) is 8.84. The summed E-state index contributed by atoms with van der Waals surface area (Å²) in [6.07, 6.45) is 0. The standard InChI is InChI=1S/C13H15ClN2OS.2ClH/c14-12-4-3-10(17-12)13(11-2-1-9-18-11)16-7-5-15-6-8-16;;/h1-4,9,13,15H,5-8H2;2*1H/t13-;;/m1../s1. The molecule has 0 aromatic carbocycles. The van der Waals surface area contributed by atoms with Gasteiger partial charge in [-0.05, 0) is 35.2 Å². The Kier molecular flexibility index (Phi) is 7.37. The first kappa shape index (κ1) is 17.8. The van der Waals surface area contributed by atoms with E-state index in [1.807, 2.05) is 12.1 Å². The van der Waals surface area contributed by atoms with Crippen LogP contribution in [-0.4, -0.2) is 31.1 Å². The predicted molar refractivity (Wildman–Crippen MR) is 88.8 cm³/mol. The van der Waals surface area contributed by atoms with Crippen molar-refractivity contribution in [3.63, 3.8) is 0 Å². The predicted octanol–water partition coefficient (Wildman–Crippen LogP) is 3.83. The molecular weight excluding hydrogens is 339 g/mol. The molecule has 2 aromatic heterocycles. The van der Waals surface area contributed by atoms with E-state index in [-0.39, 0.29) is 30.9 Å². The molecule has 0 bridgehead atoms. The van der Waals surface area contributed by atoms with Gasteiger partial charge in [-0.2, -0.15) is 0 Å². The summed E-state index contributed by atoms with van der Waals surface area (Å²) in [5, 5.41) is 5.94. The lowest BCUT2D eigenvalue weighted by Gasteiger charge is -2.33. The quantitative estimate of drug-likeness (QED) is 0.907. The topological polar surface area (TPSA) is 28.4 Å². The number of halogens is 3. The number of rotatable bonds is 3. The Morgan fingerprint density at radius 3 is 2.50 bits per heavy atom. The van der Waals surface area contributed by atoms with E-state index in [1.165, 1.54) is 4.88 Å². The molecule has 0 spiro atoms. The monoisotopic (exact) mass is 354 g/mol. The molecular formula is C13H17Cl3N2OS. The van der Waals surface area contributed by atoms with Crippen molar-refractivity contribution in [1.82, 2.24) is 10.2 Å². The molecule has 112 valence electrons. The Hall–Kier alpha value is -0.230. The van der Waals surface area contributed by atoms with Crippen molar-refractivity contribution in [2.75, 3.05) is 26.2 Å². The zero-order valence-electron chi connectivity index (χ0n) is 10.8. The van der Waals surface area contributed by atoms with E-state index < -0.39 is 0 Å². The van der Waals surface area contributed by atoms with Crippen LogP contribution in [0.15, 0.2) is 34.1 Å². The Labute approximate surface area is 140 Å². The highest BCUT2D eigenvalue weighted by atomic mass is 35.5. The normalized spacial score (nSPS) is 17.1. The minimum atomic E-state index is 0. The molecule has 20 heavy (non-hydrogen) atoms. The lowest BCUT2D eigenvalue weighted by atomic mass is 10.1. The molecule has 1 aliphatic heterocycles. The SMILES string of the molecule is Cl.Cl.Clc1ccc([C@H](c2cccs2)N2CCNCC2)o1. The second-order valence-corrected chi connectivity index (χ2v) is 5.70. The lowest BCUT2D eigenvalue weighted by Crippen LogP contribution is -2.45. The molecule has 3 rings (SSSR count). The average Bonchev–Trinajstić information content (AvgIpc) is 3.04. The van der Waals surface area contributed by atoms with E-state index in [1.54, 1.807) is 11.3 Å². The van der Waals surface area contributed by atoms with Crippen LogP contribution < -0.4 is 5.32 Å². The fraction of sp³-hybridized carbons (Fsp3) is 0.385. The third kappa shape index (κ3) is 3.91. The number of nitrogens with zero attached hydrogens (tertiary/aromatic N) is 1. The van der Waals surface area contributed by atoms with Crippen molar-refractivity contribution in [3.05, 3.63) is 45.5 Å². The molecule has 0 saturated carbocycles. The van der Waals surface area contributed by atoms with E-state index >= 15 is 0 Å². The van der Waals surface area contributed by atoms with Gasteiger partial charge in [-0.1, -0.05) is 6.07 Å². The zero-order valence-corrected chi connectivity index (χ0v) is 14.0. The maximum atomic E-state index is 5.91. The number of nitrogens with one attached hydrogen (secondary N) is 1. The van der Waals surface area contributed by atoms with Gasteiger partial charge < -0.3 is 9.73 Å². The summed E-state index contributed by atoms with van der Waals surface area (Å²) in [5.74, 6) is 0.935.